The van der Waals surface area contributed by atoms with Gasteiger partial charge in [-0.25, -0.2) is 0 Å². The molecule has 2 unspecified atom stereocenters. The molecule has 0 aromatic rings. The summed E-state index contributed by atoms with van der Waals surface area (Å²) < 4.78 is 4.68. The summed E-state index contributed by atoms with van der Waals surface area (Å²) in [4.78, 5) is 34.4. The van der Waals surface area contributed by atoms with Crippen LogP contribution in [0.2, 0.25) is 0 Å². The first-order valence-corrected chi connectivity index (χ1v) is 11.2. The van der Waals surface area contributed by atoms with Crippen molar-refractivity contribution in [3.8, 4) is 0 Å². The highest BCUT2D eigenvalue weighted by atomic mass is 16.5. The van der Waals surface area contributed by atoms with Crippen molar-refractivity contribution in [1.29, 1.82) is 0 Å². The van der Waals surface area contributed by atoms with Crippen LogP contribution in [-0.2, 0) is 19.1 Å². The molecule has 0 aliphatic heterocycles. The smallest absolute Gasteiger partial charge is 0.303 e. The number of aliphatic hydroxyl groups excluding tert-OH is 1. The van der Waals surface area contributed by atoms with E-state index in [2.05, 4.69) is 18.6 Å². The molecule has 1 aliphatic carbocycles. The topological polar surface area (TPSA) is 80.7 Å². The van der Waals surface area contributed by atoms with Crippen LogP contribution in [-0.4, -0.2) is 35.4 Å². The molecular weight excluding hydrogens is 380 g/mol. The van der Waals surface area contributed by atoms with Crippen LogP contribution >= 0.6 is 0 Å². The average Bonchev–Trinajstić information content (AvgIpc) is 3.06. The minimum absolute atomic E-state index is 0.0746. The van der Waals surface area contributed by atoms with E-state index in [4.69, 9.17) is 0 Å². The van der Waals surface area contributed by atoms with Crippen LogP contribution in [0.4, 0.5) is 0 Å². The van der Waals surface area contributed by atoms with Gasteiger partial charge in [0.2, 0.25) is 0 Å². The van der Waals surface area contributed by atoms with Crippen molar-refractivity contribution in [3.05, 3.63) is 36.5 Å². The van der Waals surface area contributed by atoms with Crippen LogP contribution in [0.5, 0.6) is 0 Å². The van der Waals surface area contributed by atoms with Crippen molar-refractivity contribution in [2.24, 2.45) is 17.8 Å². The Morgan fingerprint density at radius 1 is 1.23 bits per heavy atom. The predicted octanol–water partition coefficient (Wildman–Crippen LogP) is 4.74. The Morgan fingerprint density at radius 2 is 2.00 bits per heavy atom. The second kappa shape index (κ2) is 14.9. The third-order valence-electron chi connectivity index (χ3n) is 5.54. The number of hydrogen-bond acceptors (Lipinski definition) is 5. The van der Waals surface area contributed by atoms with E-state index in [9.17, 15) is 19.5 Å². The van der Waals surface area contributed by atoms with E-state index in [1.807, 2.05) is 30.4 Å². The number of hydrogen-bond donors (Lipinski definition) is 1. The van der Waals surface area contributed by atoms with Gasteiger partial charge in [0.15, 0.2) is 11.6 Å². The highest BCUT2D eigenvalue weighted by molar-refractivity contribution is 5.95. The van der Waals surface area contributed by atoms with Crippen molar-refractivity contribution in [2.45, 2.75) is 78.2 Å². The van der Waals surface area contributed by atoms with Gasteiger partial charge in [-0.15, -0.1) is 0 Å². The molecule has 0 aromatic carbocycles. The van der Waals surface area contributed by atoms with E-state index >= 15 is 0 Å². The summed E-state index contributed by atoms with van der Waals surface area (Å²) in [6, 6.07) is 0. The second-order valence-corrected chi connectivity index (χ2v) is 8.21. The average molecular weight is 419 g/mol. The molecule has 0 heterocycles. The zero-order chi connectivity index (χ0) is 22.4. The van der Waals surface area contributed by atoms with Gasteiger partial charge in [0.1, 0.15) is 6.61 Å². The van der Waals surface area contributed by atoms with Crippen LogP contribution in [0.15, 0.2) is 36.5 Å². The molecule has 1 aliphatic rings. The normalized spacial score (nSPS) is 20.9. The molecule has 0 bridgehead atoms. The van der Waals surface area contributed by atoms with Crippen LogP contribution in [0.1, 0.15) is 72.1 Å². The molecule has 168 valence electrons. The van der Waals surface area contributed by atoms with Crippen molar-refractivity contribution < 1.29 is 24.2 Å². The highest BCUT2D eigenvalue weighted by Crippen LogP contribution is 2.27. The SMILES string of the molecule is CCCCC(C)C(O)CC=C[C@H]1C=CC(=O)[C@@H]1CC=CCCCC(=O)COC(C)=O. The van der Waals surface area contributed by atoms with Crippen LogP contribution in [0, 0.1) is 17.8 Å². The second-order valence-electron chi connectivity index (χ2n) is 8.21. The standard InChI is InChI=1S/C25H38O5/c1-4-5-11-19(2)24(28)15-10-12-21-16-17-25(29)23(21)14-9-7-6-8-13-22(27)18-30-20(3)26/h7,9-10,12,16-17,19,21,23-24,28H,4-6,8,11,13-15,18H2,1-3H3/t19?,21-,23+,24?/m0/s1. The Bertz CT molecular complexity index is 631. The first-order chi connectivity index (χ1) is 14.3. The number of esters is 1. The van der Waals surface area contributed by atoms with Gasteiger partial charge in [0, 0.05) is 25.2 Å². The summed E-state index contributed by atoms with van der Waals surface area (Å²) >= 11 is 0. The van der Waals surface area contributed by atoms with Gasteiger partial charge in [-0.3, -0.25) is 14.4 Å². The molecule has 30 heavy (non-hydrogen) atoms. The van der Waals surface area contributed by atoms with Gasteiger partial charge in [-0.2, -0.15) is 0 Å². The first kappa shape index (κ1) is 26.0. The minimum atomic E-state index is -0.442. The first-order valence-electron chi connectivity index (χ1n) is 11.2. The number of carbonyl (C=O) groups excluding carboxylic acids is 3. The van der Waals surface area contributed by atoms with E-state index in [0.717, 1.165) is 25.7 Å². The number of Topliss-reactive ketones (excluding diaryl/α,β-unsaturated/α-hetero) is 1. The van der Waals surface area contributed by atoms with E-state index in [1.54, 1.807) is 6.08 Å². The molecule has 1 rings (SSSR count). The van der Waals surface area contributed by atoms with Crippen molar-refractivity contribution >= 4 is 17.5 Å². The van der Waals surface area contributed by atoms with E-state index in [0.29, 0.717) is 25.7 Å². The summed E-state index contributed by atoms with van der Waals surface area (Å²) in [7, 11) is 0. The lowest BCUT2D eigenvalue weighted by Crippen LogP contribution is -2.17. The molecule has 0 saturated heterocycles. The lowest BCUT2D eigenvalue weighted by Gasteiger charge is -2.17. The maximum atomic E-state index is 12.2. The maximum Gasteiger partial charge on any atom is 0.303 e. The number of carbonyl (C=O) groups is 3. The molecule has 0 aromatic heterocycles. The molecule has 5 heteroatoms. The lowest BCUT2D eigenvalue weighted by molar-refractivity contribution is -0.145. The number of ketones is 2. The van der Waals surface area contributed by atoms with Gasteiger partial charge in [0.05, 0.1) is 6.10 Å². The molecule has 0 fully saturated rings. The van der Waals surface area contributed by atoms with Crippen molar-refractivity contribution in [2.75, 3.05) is 6.61 Å². The van der Waals surface area contributed by atoms with E-state index in [1.165, 1.54) is 6.92 Å². The predicted molar refractivity (Wildman–Crippen MR) is 119 cm³/mol. The summed E-state index contributed by atoms with van der Waals surface area (Å²) in [6.45, 7) is 5.38. The van der Waals surface area contributed by atoms with Gasteiger partial charge < -0.3 is 9.84 Å². The third-order valence-corrected chi connectivity index (χ3v) is 5.54. The van der Waals surface area contributed by atoms with Gasteiger partial charge in [0.25, 0.3) is 0 Å². The van der Waals surface area contributed by atoms with E-state index in [-0.39, 0.29) is 42.0 Å². The fraction of sp³-hybridized carbons (Fsp3) is 0.640. The molecule has 0 spiro atoms. The fourth-order valence-electron chi connectivity index (χ4n) is 3.48. The number of allylic oxidation sites excluding steroid dienone is 5. The van der Waals surface area contributed by atoms with Gasteiger partial charge >= 0.3 is 5.97 Å². The molecule has 0 radical (unpaired) electrons. The maximum absolute atomic E-state index is 12.2. The Hall–Kier alpha value is -2.01. The molecule has 0 amide bonds. The zero-order valence-electron chi connectivity index (χ0n) is 18.7. The largest absolute Gasteiger partial charge is 0.458 e. The Kier molecular flexibility index (Phi) is 12.9. The fourth-order valence-corrected chi connectivity index (χ4v) is 3.48. The number of ether oxygens (including phenoxy) is 1. The number of rotatable bonds is 15. The summed E-state index contributed by atoms with van der Waals surface area (Å²) in [5, 5.41) is 10.3. The summed E-state index contributed by atoms with van der Waals surface area (Å²) in [5.41, 5.74) is 0. The Labute approximate surface area is 181 Å². The van der Waals surface area contributed by atoms with Crippen LogP contribution in [0.3, 0.4) is 0 Å². The molecule has 4 atom stereocenters. The van der Waals surface area contributed by atoms with Crippen LogP contribution in [0.25, 0.3) is 0 Å². The molecular formula is C25H38O5. The molecule has 5 nitrogen and oxygen atoms in total. The monoisotopic (exact) mass is 418 g/mol. The summed E-state index contributed by atoms with van der Waals surface area (Å²) in [6.07, 6.45) is 17.8. The van der Waals surface area contributed by atoms with Gasteiger partial charge in [-0.1, -0.05) is 57.1 Å². The number of unbranched alkanes of at least 4 members (excludes halogenated alkanes) is 2. The highest BCUT2D eigenvalue weighted by Gasteiger charge is 2.27. The third kappa shape index (κ3) is 10.7. The van der Waals surface area contributed by atoms with Gasteiger partial charge in [-0.05, 0) is 44.1 Å². The van der Waals surface area contributed by atoms with Crippen molar-refractivity contribution in [3.63, 3.8) is 0 Å². The molecule has 1 N–H and O–H groups in total. The van der Waals surface area contributed by atoms with E-state index < -0.39 is 5.97 Å². The summed E-state index contributed by atoms with van der Waals surface area (Å²) in [5.74, 6) is -0.103. The minimum Gasteiger partial charge on any atom is -0.458 e. The molecule has 0 saturated carbocycles. The zero-order valence-corrected chi connectivity index (χ0v) is 18.7. The number of aliphatic hydroxyl groups is 1. The quantitative estimate of drug-likeness (QED) is 0.236. The van der Waals surface area contributed by atoms with Crippen molar-refractivity contribution in [1.82, 2.24) is 0 Å². The Morgan fingerprint density at radius 3 is 2.70 bits per heavy atom. The van der Waals surface area contributed by atoms with Crippen LogP contribution < -0.4 is 0 Å². The Balaban J connectivity index is 2.33. The lowest BCUT2D eigenvalue weighted by atomic mass is 9.90.